The maximum absolute atomic E-state index is 13.9. The molecule has 1 heterocycles. The smallest absolute Gasteiger partial charge is 0.409 e. The van der Waals surface area contributed by atoms with Crippen LogP contribution in [-0.4, -0.2) is 44.9 Å². The van der Waals surface area contributed by atoms with Crippen molar-refractivity contribution in [3.05, 3.63) is 98.0 Å². The van der Waals surface area contributed by atoms with Crippen molar-refractivity contribution >= 4 is 56.5 Å². The van der Waals surface area contributed by atoms with Crippen molar-refractivity contribution in [3.8, 4) is 0 Å². The zero-order valence-electron chi connectivity index (χ0n) is 20.2. The van der Waals surface area contributed by atoms with Gasteiger partial charge in [-0.25, -0.2) is 13.2 Å². The zero-order valence-corrected chi connectivity index (χ0v) is 23.3. The number of hydrogen-bond donors (Lipinski definition) is 0. The van der Waals surface area contributed by atoms with Gasteiger partial charge < -0.3 is 9.64 Å². The van der Waals surface area contributed by atoms with E-state index >= 15 is 0 Å². The summed E-state index contributed by atoms with van der Waals surface area (Å²) in [6.07, 6.45) is 0.561. The van der Waals surface area contributed by atoms with Crippen LogP contribution in [-0.2, 0) is 27.4 Å². The number of hydrogen-bond acceptors (Lipinski definition) is 5. The Morgan fingerprint density at radius 2 is 1.74 bits per heavy atom. The van der Waals surface area contributed by atoms with Crippen molar-refractivity contribution in [1.29, 1.82) is 0 Å². The Morgan fingerprint density at radius 3 is 2.42 bits per heavy atom. The minimum atomic E-state index is -3.84. The molecule has 1 saturated heterocycles. The molecule has 5 rings (SSSR count). The summed E-state index contributed by atoms with van der Waals surface area (Å²) in [6.45, 7) is 1.23. The number of rotatable bonds is 7. The van der Waals surface area contributed by atoms with Crippen molar-refractivity contribution in [2.24, 2.45) is 5.92 Å². The number of ketones is 1. The number of carbonyl (C=O) groups is 2. The number of nitrogens with zero attached hydrogens (tertiary/aromatic N) is 1. The summed E-state index contributed by atoms with van der Waals surface area (Å²) in [4.78, 5) is 26.9. The van der Waals surface area contributed by atoms with E-state index in [2.05, 4.69) is 0 Å². The molecule has 1 fully saturated rings. The molecule has 38 heavy (non-hydrogen) atoms. The van der Waals surface area contributed by atoms with E-state index in [9.17, 15) is 18.0 Å². The van der Waals surface area contributed by atoms with Crippen LogP contribution in [0.5, 0.6) is 0 Å². The van der Waals surface area contributed by atoms with E-state index < -0.39 is 15.1 Å². The Balaban J connectivity index is 1.51. The third kappa shape index (κ3) is 5.43. The maximum Gasteiger partial charge on any atom is 0.409 e. The SMILES string of the molecule is O=C(Cc1ccc2c(c1)C(S(=O)(=O)c1cccc(Cl)c1)CC(CN1CCOC1=O)C2)c1c(Cl)cccc1Cl. The average Bonchev–Trinajstić information content (AvgIpc) is 3.27. The fraction of sp³-hybridized carbons (Fsp3) is 0.286. The van der Waals surface area contributed by atoms with Gasteiger partial charge in [0.15, 0.2) is 15.6 Å². The number of cyclic esters (lactones) is 1. The van der Waals surface area contributed by atoms with Gasteiger partial charge in [0.2, 0.25) is 0 Å². The van der Waals surface area contributed by atoms with Crippen molar-refractivity contribution in [1.82, 2.24) is 4.90 Å². The molecule has 2 aliphatic rings. The lowest BCUT2D eigenvalue weighted by molar-refractivity contribution is 0.0993. The van der Waals surface area contributed by atoms with E-state index in [1.807, 2.05) is 12.1 Å². The van der Waals surface area contributed by atoms with E-state index in [1.54, 1.807) is 41.3 Å². The zero-order chi connectivity index (χ0) is 27.0. The molecular formula is C28H24Cl3NO5S. The summed E-state index contributed by atoms with van der Waals surface area (Å²) in [5.41, 5.74) is 2.43. The highest BCUT2D eigenvalue weighted by molar-refractivity contribution is 7.91. The van der Waals surface area contributed by atoms with Crippen LogP contribution in [0.1, 0.15) is 38.7 Å². The molecule has 0 saturated carbocycles. The monoisotopic (exact) mass is 591 g/mol. The normalized spacial score (nSPS) is 19.2. The van der Waals surface area contributed by atoms with Crippen LogP contribution in [0.4, 0.5) is 4.79 Å². The summed E-state index contributed by atoms with van der Waals surface area (Å²) >= 11 is 18.6. The summed E-state index contributed by atoms with van der Waals surface area (Å²) < 4.78 is 32.9. The maximum atomic E-state index is 13.9. The summed E-state index contributed by atoms with van der Waals surface area (Å²) in [7, 11) is -3.84. The highest BCUT2D eigenvalue weighted by Crippen LogP contribution is 2.42. The lowest BCUT2D eigenvalue weighted by Crippen LogP contribution is -2.35. The second kappa shape index (κ2) is 10.9. The van der Waals surface area contributed by atoms with Crippen LogP contribution < -0.4 is 0 Å². The molecule has 0 spiro atoms. The van der Waals surface area contributed by atoms with E-state index in [4.69, 9.17) is 39.5 Å². The fourth-order valence-corrected chi connectivity index (χ4v) is 8.08. The van der Waals surface area contributed by atoms with Gasteiger partial charge in [0.25, 0.3) is 0 Å². The second-order valence-corrected chi connectivity index (χ2v) is 13.0. The summed E-state index contributed by atoms with van der Waals surface area (Å²) in [5, 5.41) is -0.00275. The van der Waals surface area contributed by atoms with Gasteiger partial charge in [-0.2, -0.15) is 0 Å². The summed E-state index contributed by atoms with van der Waals surface area (Å²) in [6, 6.07) is 16.6. The molecule has 10 heteroatoms. The Kier molecular flexibility index (Phi) is 7.74. The number of Topliss-reactive ketones (excluding diaryl/α,β-unsaturated/α-hetero) is 1. The lowest BCUT2D eigenvalue weighted by Gasteiger charge is -2.33. The average molecular weight is 593 g/mol. The highest BCUT2D eigenvalue weighted by Gasteiger charge is 2.38. The molecule has 2 unspecified atom stereocenters. The van der Waals surface area contributed by atoms with Gasteiger partial charge in [0.1, 0.15) is 6.61 Å². The lowest BCUT2D eigenvalue weighted by atomic mass is 9.82. The Hall–Kier alpha value is -2.58. The predicted octanol–water partition coefficient (Wildman–Crippen LogP) is 6.60. The van der Waals surface area contributed by atoms with E-state index in [0.717, 1.165) is 5.56 Å². The molecule has 1 aliphatic heterocycles. The van der Waals surface area contributed by atoms with Crippen LogP contribution in [0.3, 0.4) is 0 Å². The van der Waals surface area contributed by atoms with Crippen molar-refractivity contribution < 1.29 is 22.7 Å². The van der Waals surface area contributed by atoms with Crippen molar-refractivity contribution in [2.45, 2.75) is 29.4 Å². The number of carbonyl (C=O) groups excluding carboxylic acids is 2. The first kappa shape index (κ1) is 27.0. The van der Waals surface area contributed by atoms with Crippen LogP contribution >= 0.6 is 34.8 Å². The molecule has 2 atom stereocenters. The molecule has 3 aromatic carbocycles. The number of benzene rings is 3. The molecule has 1 amide bonds. The Labute approximate surface area is 236 Å². The minimum absolute atomic E-state index is 0.0176. The highest BCUT2D eigenvalue weighted by atomic mass is 35.5. The van der Waals surface area contributed by atoms with Gasteiger partial charge in [-0.1, -0.05) is 65.1 Å². The molecule has 3 aromatic rings. The number of halogens is 3. The van der Waals surface area contributed by atoms with E-state index in [1.165, 1.54) is 12.1 Å². The number of amides is 1. The third-order valence-corrected chi connectivity index (χ3v) is 10.0. The number of sulfone groups is 1. The van der Waals surface area contributed by atoms with Gasteiger partial charge >= 0.3 is 6.09 Å². The molecule has 1 aliphatic carbocycles. The Bertz CT molecular complexity index is 1500. The van der Waals surface area contributed by atoms with Crippen LogP contribution in [0.15, 0.2) is 65.6 Å². The van der Waals surface area contributed by atoms with Gasteiger partial charge in [0, 0.05) is 18.0 Å². The van der Waals surface area contributed by atoms with E-state index in [-0.39, 0.29) is 44.7 Å². The van der Waals surface area contributed by atoms with Gasteiger partial charge in [-0.3, -0.25) is 4.79 Å². The minimum Gasteiger partial charge on any atom is -0.448 e. The van der Waals surface area contributed by atoms with Crippen LogP contribution in [0, 0.1) is 5.92 Å². The van der Waals surface area contributed by atoms with Gasteiger partial charge in [-0.15, -0.1) is 0 Å². The molecule has 0 N–H and O–H groups in total. The first-order chi connectivity index (χ1) is 18.1. The largest absolute Gasteiger partial charge is 0.448 e. The molecule has 0 bridgehead atoms. The molecule has 0 aromatic heterocycles. The molecule has 0 radical (unpaired) electrons. The van der Waals surface area contributed by atoms with Crippen LogP contribution in [0.2, 0.25) is 15.1 Å². The number of ether oxygens (including phenoxy) is 1. The predicted molar refractivity (Wildman–Crippen MR) is 147 cm³/mol. The Morgan fingerprint density at radius 1 is 1.00 bits per heavy atom. The quantitative estimate of drug-likeness (QED) is 0.289. The third-order valence-electron chi connectivity index (χ3n) is 7.04. The van der Waals surface area contributed by atoms with Crippen molar-refractivity contribution in [3.63, 3.8) is 0 Å². The molecule has 6 nitrogen and oxygen atoms in total. The fourth-order valence-electron chi connectivity index (χ4n) is 5.25. The first-order valence-electron chi connectivity index (χ1n) is 12.1. The van der Waals surface area contributed by atoms with Crippen molar-refractivity contribution in [2.75, 3.05) is 19.7 Å². The van der Waals surface area contributed by atoms with Gasteiger partial charge in [0.05, 0.1) is 32.3 Å². The second-order valence-electron chi connectivity index (χ2n) is 9.59. The topological polar surface area (TPSA) is 80.8 Å². The van der Waals surface area contributed by atoms with Crippen LogP contribution in [0.25, 0.3) is 0 Å². The van der Waals surface area contributed by atoms with Gasteiger partial charge in [-0.05, 0) is 65.8 Å². The molecular weight excluding hydrogens is 569 g/mol. The first-order valence-corrected chi connectivity index (χ1v) is 14.8. The number of fused-ring (bicyclic) bond motifs is 1. The van der Waals surface area contributed by atoms with E-state index in [0.29, 0.717) is 48.7 Å². The standard InChI is InChI=1S/C28H24Cl3NO5S/c29-20-3-1-4-21(15-20)38(35,36)26-14-18(16-32-9-10-37-28(32)34)11-19-8-7-17(12-22(19)26)13-25(33)27-23(30)5-2-6-24(27)31/h1-8,12,15,18,26H,9-11,13-14,16H2. The molecule has 198 valence electrons. The summed E-state index contributed by atoms with van der Waals surface area (Å²) in [5.74, 6) is -0.336.